The third-order valence-electron chi connectivity index (χ3n) is 1.51. The molecule has 0 heterocycles. The van der Waals surface area contributed by atoms with Crippen molar-refractivity contribution in [1.29, 1.82) is 0 Å². The zero-order chi connectivity index (χ0) is 8.97. The first-order valence-electron chi connectivity index (χ1n) is 3.83. The Balaban J connectivity index is 2.91. The minimum atomic E-state index is -0.0413. The number of phenolic OH excluding ortho intramolecular Hbond substituents is 1. The van der Waals surface area contributed by atoms with Crippen LogP contribution in [0.15, 0.2) is 18.2 Å². The summed E-state index contributed by atoms with van der Waals surface area (Å²) in [4.78, 5) is 0. The number of aliphatic hydroxyl groups is 1. The van der Waals surface area contributed by atoms with Crippen molar-refractivity contribution in [3.05, 3.63) is 23.8 Å². The fraction of sp³-hybridized carbons (Fsp3) is 0.333. The Kier molecular flexibility index (Phi) is 2.94. The zero-order valence-electron chi connectivity index (χ0n) is 6.95. The zero-order valence-corrected chi connectivity index (χ0v) is 6.95. The van der Waals surface area contributed by atoms with Crippen LogP contribution in [-0.2, 0) is 6.61 Å². The van der Waals surface area contributed by atoms with Crippen LogP contribution >= 0.6 is 0 Å². The summed E-state index contributed by atoms with van der Waals surface area (Å²) in [7, 11) is 0. The van der Waals surface area contributed by atoms with Crippen molar-refractivity contribution < 1.29 is 14.9 Å². The predicted molar refractivity (Wildman–Crippen MR) is 45.2 cm³/mol. The highest BCUT2D eigenvalue weighted by atomic mass is 16.5. The smallest absolute Gasteiger partial charge is 0.161 e. The average molecular weight is 168 g/mol. The SMILES string of the molecule is CCOc1cc(CO)ccc1O. The number of ether oxygens (including phenoxy) is 1. The van der Waals surface area contributed by atoms with Gasteiger partial charge in [-0.2, -0.15) is 0 Å². The van der Waals surface area contributed by atoms with Crippen molar-refractivity contribution in [2.75, 3.05) is 6.61 Å². The molecule has 0 spiro atoms. The summed E-state index contributed by atoms with van der Waals surface area (Å²) in [5, 5.41) is 18.0. The first kappa shape index (κ1) is 8.87. The largest absolute Gasteiger partial charge is 0.504 e. The molecule has 3 heteroatoms. The van der Waals surface area contributed by atoms with Crippen LogP contribution in [0.25, 0.3) is 0 Å². The Hall–Kier alpha value is -1.22. The molecule has 66 valence electrons. The molecule has 0 saturated carbocycles. The number of hydrogen-bond acceptors (Lipinski definition) is 3. The van der Waals surface area contributed by atoms with Gasteiger partial charge in [-0.1, -0.05) is 6.07 Å². The van der Waals surface area contributed by atoms with Crippen LogP contribution in [0.5, 0.6) is 11.5 Å². The predicted octanol–water partition coefficient (Wildman–Crippen LogP) is 1.28. The number of aliphatic hydroxyl groups excluding tert-OH is 1. The van der Waals surface area contributed by atoms with Gasteiger partial charge in [-0.3, -0.25) is 0 Å². The van der Waals surface area contributed by atoms with E-state index in [1.54, 1.807) is 12.1 Å². The van der Waals surface area contributed by atoms with Crippen LogP contribution in [0.3, 0.4) is 0 Å². The molecule has 0 bridgehead atoms. The number of benzene rings is 1. The Bertz CT molecular complexity index is 258. The minimum Gasteiger partial charge on any atom is -0.504 e. The molecule has 0 aliphatic rings. The lowest BCUT2D eigenvalue weighted by Gasteiger charge is -2.06. The van der Waals surface area contributed by atoms with Crippen molar-refractivity contribution in [3.8, 4) is 11.5 Å². The molecule has 0 amide bonds. The van der Waals surface area contributed by atoms with E-state index in [1.807, 2.05) is 6.92 Å². The first-order chi connectivity index (χ1) is 5.77. The second-order valence-electron chi connectivity index (χ2n) is 2.39. The molecular formula is C9H12O3. The van der Waals surface area contributed by atoms with Crippen LogP contribution in [-0.4, -0.2) is 16.8 Å². The van der Waals surface area contributed by atoms with Crippen molar-refractivity contribution in [1.82, 2.24) is 0 Å². The molecule has 1 aromatic carbocycles. The van der Waals surface area contributed by atoms with Crippen LogP contribution in [0.4, 0.5) is 0 Å². The number of aromatic hydroxyl groups is 1. The summed E-state index contributed by atoms with van der Waals surface area (Å²) >= 11 is 0. The highest BCUT2D eigenvalue weighted by Gasteiger charge is 2.01. The van der Waals surface area contributed by atoms with E-state index in [9.17, 15) is 5.11 Å². The third-order valence-corrected chi connectivity index (χ3v) is 1.51. The van der Waals surface area contributed by atoms with Gasteiger partial charge in [0.25, 0.3) is 0 Å². The highest BCUT2D eigenvalue weighted by molar-refractivity contribution is 5.41. The van der Waals surface area contributed by atoms with Crippen LogP contribution < -0.4 is 4.74 Å². The lowest BCUT2D eigenvalue weighted by molar-refractivity contribution is 0.278. The van der Waals surface area contributed by atoms with Gasteiger partial charge < -0.3 is 14.9 Å². The Morgan fingerprint density at radius 3 is 2.75 bits per heavy atom. The standard InChI is InChI=1S/C9H12O3/c1-2-12-9-5-7(6-10)3-4-8(9)11/h3-5,10-11H,2,6H2,1H3. The molecule has 1 rings (SSSR count). The minimum absolute atomic E-state index is 0.0413. The maximum absolute atomic E-state index is 9.25. The second kappa shape index (κ2) is 3.97. The van der Waals surface area contributed by atoms with E-state index in [-0.39, 0.29) is 12.4 Å². The maximum atomic E-state index is 9.25. The number of phenols is 1. The Morgan fingerprint density at radius 2 is 2.17 bits per heavy atom. The van der Waals surface area contributed by atoms with Gasteiger partial charge in [0, 0.05) is 0 Å². The summed E-state index contributed by atoms with van der Waals surface area (Å²) in [6, 6.07) is 4.78. The van der Waals surface area contributed by atoms with Crippen LogP contribution in [0.1, 0.15) is 12.5 Å². The van der Waals surface area contributed by atoms with Gasteiger partial charge in [0.2, 0.25) is 0 Å². The monoisotopic (exact) mass is 168 g/mol. The molecule has 0 atom stereocenters. The molecule has 12 heavy (non-hydrogen) atoms. The van der Waals surface area contributed by atoms with Crippen molar-refractivity contribution in [3.63, 3.8) is 0 Å². The number of hydrogen-bond donors (Lipinski definition) is 2. The summed E-state index contributed by atoms with van der Waals surface area (Å²) in [5.41, 5.74) is 0.733. The molecule has 0 radical (unpaired) electrons. The number of rotatable bonds is 3. The third kappa shape index (κ3) is 1.89. The van der Waals surface area contributed by atoms with Crippen molar-refractivity contribution >= 4 is 0 Å². The molecular weight excluding hydrogens is 156 g/mol. The summed E-state index contributed by atoms with van der Waals surface area (Å²) in [6.45, 7) is 2.30. The van der Waals surface area contributed by atoms with E-state index in [2.05, 4.69) is 0 Å². The van der Waals surface area contributed by atoms with Gasteiger partial charge in [-0.25, -0.2) is 0 Å². The normalized spacial score (nSPS) is 9.83. The second-order valence-corrected chi connectivity index (χ2v) is 2.39. The van der Waals surface area contributed by atoms with E-state index in [1.165, 1.54) is 6.07 Å². The molecule has 3 nitrogen and oxygen atoms in total. The van der Waals surface area contributed by atoms with Crippen LogP contribution in [0, 0.1) is 0 Å². The lowest BCUT2D eigenvalue weighted by atomic mass is 10.2. The topological polar surface area (TPSA) is 49.7 Å². The van der Waals surface area contributed by atoms with E-state index in [0.717, 1.165) is 5.56 Å². The van der Waals surface area contributed by atoms with Crippen molar-refractivity contribution in [2.45, 2.75) is 13.5 Å². The maximum Gasteiger partial charge on any atom is 0.161 e. The van der Waals surface area contributed by atoms with Gasteiger partial charge in [-0.15, -0.1) is 0 Å². The summed E-state index contributed by atoms with van der Waals surface area (Å²) < 4.78 is 5.12. The first-order valence-corrected chi connectivity index (χ1v) is 3.83. The molecule has 0 aromatic heterocycles. The van der Waals surface area contributed by atoms with E-state index in [0.29, 0.717) is 12.4 Å². The van der Waals surface area contributed by atoms with Gasteiger partial charge in [0.1, 0.15) is 0 Å². The van der Waals surface area contributed by atoms with E-state index < -0.39 is 0 Å². The fourth-order valence-corrected chi connectivity index (χ4v) is 0.928. The Labute approximate surface area is 71.2 Å². The fourth-order valence-electron chi connectivity index (χ4n) is 0.928. The Morgan fingerprint density at radius 1 is 1.42 bits per heavy atom. The molecule has 0 aliphatic heterocycles. The average Bonchev–Trinajstić information content (AvgIpc) is 2.09. The van der Waals surface area contributed by atoms with Gasteiger partial charge in [0.05, 0.1) is 13.2 Å². The summed E-state index contributed by atoms with van der Waals surface area (Å²) in [5.74, 6) is 0.526. The molecule has 0 saturated heterocycles. The molecule has 1 aromatic rings. The van der Waals surface area contributed by atoms with Crippen LogP contribution in [0.2, 0.25) is 0 Å². The quantitative estimate of drug-likeness (QED) is 0.714. The molecule has 0 fully saturated rings. The van der Waals surface area contributed by atoms with E-state index >= 15 is 0 Å². The van der Waals surface area contributed by atoms with E-state index in [4.69, 9.17) is 9.84 Å². The molecule has 0 unspecified atom stereocenters. The van der Waals surface area contributed by atoms with Crippen molar-refractivity contribution in [2.24, 2.45) is 0 Å². The lowest BCUT2D eigenvalue weighted by Crippen LogP contribution is -1.93. The van der Waals surface area contributed by atoms with Gasteiger partial charge in [0.15, 0.2) is 11.5 Å². The van der Waals surface area contributed by atoms with Gasteiger partial charge in [-0.05, 0) is 24.6 Å². The summed E-state index contributed by atoms with van der Waals surface area (Å²) in [6.07, 6.45) is 0. The van der Waals surface area contributed by atoms with Gasteiger partial charge >= 0.3 is 0 Å². The molecule has 2 N–H and O–H groups in total. The molecule has 0 aliphatic carbocycles. The highest BCUT2D eigenvalue weighted by Crippen LogP contribution is 2.26.